The van der Waals surface area contributed by atoms with Gasteiger partial charge in [-0.05, 0) is 48.3 Å². The monoisotopic (exact) mass is 249 g/mol. The van der Waals surface area contributed by atoms with E-state index < -0.39 is 0 Å². The summed E-state index contributed by atoms with van der Waals surface area (Å²) < 4.78 is 0. The van der Waals surface area contributed by atoms with Crippen molar-refractivity contribution in [3.63, 3.8) is 0 Å². The van der Waals surface area contributed by atoms with Crippen molar-refractivity contribution >= 4 is 11.8 Å². The zero-order valence-corrected chi connectivity index (χ0v) is 11.8. The highest BCUT2D eigenvalue weighted by molar-refractivity contribution is 7.99. The molecular weight excluding hydrogens is 226 g/mol. The standard InChI is InChI=1S/C15H23NS/c1-3-16-15(11-17-4-2)14-9-8-12-6-5-7-13(12)10-14/h8-10,15-16H,3-7,11H2,1-2H3. The molecule has 1 nitrogen and oxygen atoms in total. The Labute approximate surface area is 109 Å². The maximum Gasteiger partial charge on any atom is 0.0411 e. The van der Waals surface area contributed by atoms with Gasteiger partial charge >= 0.3 is 0 Å². The summed E-state index contributed by atoms with van der Waals surface area (Å²) in [6.45, 7) is 5.47. The van der Waals surface area contributed by atoms with Crippen LogP contribution in [-0.4, -0.2) is 18.1 Å². The van der Waals surface area contributed by atoms with E-state index in [1.165, 1.54) is 36.3 Å². The van der Waals surface area contributed by atoms with E-state index in [-0.39, 0.29) is 0 Å². The number of nitrogens with one attached hydrogen (secondary N) is 1. The van der Waals surface area contributed by atoms with Crippen LogP contribution in [0.1, 0.15) is 43.0 Å². The van der Waals surface area contributed by atoms with Gasteiger partial charge in [-0.25, -0.2) is 0 Å². The Bertz CT molecular complexity index is 362. The van der Waals surface area contributed by atoms with Gasteiger partial charge in [-0.2, -0.15) is 11.8 Å². The fourth-order valence-corrected chi connectivity index (χ4v) is 3.35. The van der Waals surface area contributed by atoms with Crippen LogP contribution in [0.5, 0.6) is 0 Å². The molecular formula is C15H23NS. The Hall–Kier alpha value is -0.470. The largest absolute Gasteiger partial charge is 0.310 e. The zero-order chi connectivity index (χ0) is 12.1. The summed E-state index contributed by atoms with van der Waals surface area (Å²) in [5.41, 5.74) is 4.65. The van der Waals surface area contributed by atoms with Crippen LogP contribution in [0.25, 0.3) is 0 Å². The molecule has 1 atom stereocenters. The van der Waals surface area contributed by atoms with E-state index in [0.29, 0.717) is 6.04 Å². The second-order valence-corrected chi connectivity index (χ2v) is 5.97. The molecule has 0 heterocycles. The van der Waals surface area contributed by atoms with Gasteiger partial charge in [0.05, 0.1) is 0 Å². The van der Waals surface area contributed by atoms with Crippen LogP contribution in [0.4, 0.5) is 0 Å². The molecule has 1 aromatic rings. The average molecular weight is 249 g/mol. The highest BCUT2D eigenvalue weighted by Crippen LogP contribution is 2.26. The number of benzene rings is 1. The fraction of sp³-hybridized carbons (Fsp3) is 0.600. The molecule has 94 valence electrons. The van der Waals surface area contributed by atoms with E-state index in [2.05, 4.69) is 37.4 Å². The summed E-state index contributed by atoms with van der Waals surface area (Å²) >= 11 is 2.02. The van der Waals surface area contributed by atoms with E-state index >= 15 is 0 Å². The maximum absolute atomic E-state index is 3.60. The van der Waals surface area contributed by atoms with E-state index in [1.807, 2.05) is 11.8 Å². The Morgan fingerprint density at radius 3 is 2.82 bits per heavy atom. The molecule has 1 aliphatic carbocycles. The van der Waals surface area contributed by atoms with E-state index in [9.17, 15) is 0 Å². The number of aryl methyl sites for hydroxylation is 2. The third-order valence-corrected chi connectivity index (χ3v) is 4.44. The average Bonchev–Trinajstić information content (AvgIpc) is 2.81. The lowest BCUT2D eigenvalue weighted by atomic mass is 10.0. The molecule has 1 aromatic carbocycles. The van der Waals surface area contributed by atoms with Crippen LogP contribution in [-0.2, 0) is 12.8 Å². The van der Waals surface area contributed by atoms with E-state index in [4.69, 9.17) is 0 Å². The molecule has 0 saturated carbocycles. The number of fused-ring (bicyclic) bond motifs is 1. The molecule has 17 heavy (non-hydrogen) atoms. The van der Waals surface area contributed by atoms with Gasteiger partial charge in [-0.3, -0.25) is 0 Å². The van der Waals surface area contributed by atoms with Crippen LogP contribution in [0.3, 0.4) is 0 Å². The third-order valence-electron chi connectivity index (χ3n) is 3.46. The first-order valence-corrected chi connectivity index (χ1v) is 7.93. The van der Waals surface area contributed by atoms with Crippen LogP contribution in [0.2, 0.25) is 0 Å². The van der Waals surface area contributed by atoms with Crippen molar-refractivity contribution in [2.24, 2.45) is 0 Å². The molecule has 0 aromatic heterocycles. The lowest BCUT2D eigenvalue weighted by molar-refractivity contribution is 0.605. The normalized spacial score (nSPS) is 15.9. The van der Waals surface area contributed by atoms with Crippen molar-refractivity contribution in [1.82, 2.24) is 5.32 Å². The molecule has 0 spiro atoms. The van der Waals surface area contributed by atoms with Gasteiger partial charge in [0.2, 0.25) is 0 Å². The Morgan fingerprint density at radius 1 is 1.24 bits per heavy atom. The van der Waals surface area contributed by atoms with Gasteiger partial charge in [-0.1, -0.05) is 32.0 Å². The van der Waals surface area contributed by atoms with Gasteiger partial charge in [0.25, 0.3) is 0 Å². The van der Waals surface area contributed by atoms with Crippen molar-refractivity contribution in [3.8, 4) is 0 Å². The summed E-state index contributed by atoms with van der Waals surface area (Å²) in [4.78, 5) is 0. The quantitative estimate of drug-likeness (QED) is 0.827. The summed E-state index contributed by atoms with van der Waals surface area (Å²) in [6.07, 6.45) is 3.91. The smallest absolute Gasteiger partial charge is 0.0411 e. The van der Waals surface area contributed by atoms with Crippen molar-refractivity contribution in [3.05, 3.63) is 34.9 Å². The SMILES string of the molecule is CCNC(CSCC)c1ccc2c(c1)CCC2. The third kappa shape index (κ3) is 3.26. The first-order valence-electron chi connectivity index (χ1n) is 6.78. The highest BCUT2D eigenvalue weighted by atomic mass is 32.2. The molecule has 0 bridgehead atoms. The predicted octanol–water partition coefficient (Wildman–Crippen LogP) is 3.58. The van der Waals surface area contributed by atoms with Gasteiger partial charge in [0.1, 0.15) is 0 Å². The van der Waals surface area contributed by atoms with Crippen molar-refractivity contribution in [2.75, 3.05) is 18.1 Å². The molecule has 2 rings (SSSR count). The van der Waals surface area contributed by atoms with Crippen LogP contribution < -0.4 is 5.32 Å². The first-order chi connectivity index (χ1) is 8.35. The number of hydrogen-bond donors (Lipinski definition) is 1. The molecule has 0 aliphatic heterocycles. The van der Waals surface area contributed by atoms with Gasteiger partial charge < -0.3 is 5.32 Å². The lowest BCUT2D eigenvalue weighted by Crippen LogP contribution is -2.23. The van der Waals surface area contributed by atoms with Gasteiger partial charge in [0.15, 0.2) is 0 Å². The molecule has 0 radical (unpaired) electrons. The fourth-order valence-electron chi connectivity index (χ4n) is 2.56. The second-order valence-electron chi connectivity index (χ2n) is 4.65. The van der Waals surface area contributed by atoms with Crippen molar-refractivity contribution in [2.45, 2.75) is 39.2 Å². The minimum Gasteiger partial charge on any atom is -0.310 e. The minimum atomic E-state index is 0.524. The molecule has 0 amide bonds. The number of thioether (sulfide) groups is 1. The second kappa shape index (κ2) is 6.46. The topological polar surface area (TPSA) is 12.0 Å². The molecule has 1 aliphatic rings. The summed E-state index contributed by atoms with van der Waals surface area (Å²) in [6, 6.07) is 7.63. The Balaban J connectivity index is 2.11. The predicted molar refractivity (Wildman–Crippen MR) is 77.9 cm³/mol. The number of hydrogen-bond acceptors (Lipinski definition) is 2. The van der Waals surface area contributed by atoms with Crippen LogP contribution in [0.15, 0.2) is 18.2 Å². The summed E-state index contributed by atoms with van der Waals surface area (Å²) in [7, 11) is 0. The molecule has 0 saturated heterocycles. The minimum absolute atomic E-state index is 0.524. The molecule has 1 N–H and O–H groups in total. The van der Waals surface area contributed by atoms with Crippen molar-refractivity contribution in [1.29, 1.82) is 0 Å². The first kappa shape index (κ1) is 13.0. The zero-order valence-electron chi connectivity index (χ0n) is 11.0. The Morgan fingerprint density at radius 2 is 2.06 bits per heavy atom. The van der Waals surface area contributed by atoms with E-state index in [1.54, 1.807) is 11.1 Å². The van der Waals surface area contributed by atoms with E-state index in [0.717, 1.165) is 6.54 Å². The molecule has 1 unspecified atom stereocenters. The van der Waals surface area contributed by atoms with Gasteiger partial charge in [0, 0.05) is 11.8 Å². The number of rotatable bonds is 6. The van der Waals surface area contributed by atoms with Crippen LogP contribution in [0, 0.1) is 0 Å². The van der Waals surface area contributed by atoms with Crippen LogP contribution >= 0.6 is 11.8 Å². The van der Waals surface area contributed by atoms with Crippen molar-refractivity contribution < 1.29 is 0 Å². The molecule has 2 heteroatoms. The Kier molecular flexibility index (Phi) is 4.93. The maximum atomic E-state index is 3.60. The van der Waals surface area contributed by atoms with Gasteiger partial charge in [-0.15, -0.1) is 0 Å². The highest BCUT2D eigenvalue weighted by Gasteiger charge is 2.15. The summed E-state index contributed by atoms with van der Waals surface area (Å²) in [5, 5.41) is 3.60. The molecule has 0 fully saturated rings. The lowest BCUT2D eigenvalue weighted by Gasteiger charge is -2.18. The summed E-state index contributed by atoms with van der Waals surface area (Å²) in [5.74, 6) is 2.38.